The van der Waals surface area contributed by atoms with Crippen molar-refractivity contribution in [2.75, 3.05) is 0 Å². The first-order valence-electron chi connectivity index (χ1n) is 9.97. The molecule has 6 nitrogen and oxygen atoms in total. The lowest BCUT2D eigenvalue weighted by Gasteiger charge is -2.20. The van der Waals surface area contributed by atoms with E-state index in [1.807, 2.05) is 38.1 Å². The topological polar surface area (TPSA) is 85.1 Å². The lowest BCUT2D eigenvalue weighted by Crippen LogP contribution is -2.23. The summed E-state index contributed by atoms with van der Waals surface area (Å²) in [7, 11) is 0. The van der Waals surface area contributed by atoms with Crippen LogP contribution in [0.4, 0.5) is 0 Å². The Balaban J connectivity index is 1.91. The average molecular weight is 468 g/mol. The number of benzene rings is 1. The molecule has 0 radical (unpaired) electrons. The Kier molecular flexibility index (Phi) is 6.00. The van der Waals surface area contributed by atoms with Crippen LogP contribution in [0.5, 0.6) is 0 Å². The van der Waals surface area contributed by atoms with E-state index in [1.165, 1.54) is 6.07 Å². The van der Waals surface area contributed by atoms with Gasteiger partial charge in [-0.2, -0.15) is 0 Å². The zero-order valence-corrected chi connectivity index (χ0v) is 18.9. The SMILES string of the molecule is CCn1c(Cc2ccc3ccc(C)nc3n2)cc(=O)c(C(=O)O)c1-c1ccc(Cl)c(Cl)c1. The number of aryl methyl sites for hydroxylation is 1. The normalized spacial score (nSPS) is 11.1. The number of rotatable bonds is 5. The van der Waals surface area contributed by atoms with Gasteiger partial charge < -0.3 is 9.67 Å². The molecule has 4 aromatic rings. The molecule has 0 aliphatic rings. The van der Waals surface area contributed by atoms with Crippen LogP contribution >= 0.6 is 23.2 Å². The monoisotopic (exact) mass is 467 g/mol. The second-order valence-electron chi connectivity index (χ2n) is 7.38. The molecule has 0 aliphatic heterocycles. The van der Waals surface area contributed by atoms with Gasteiger partial charge in [-0.05, 0) is 50.2 Å². The van der Waals surface area contributed by atoms with Crippen molar-refractivity contribution in [3.8, 4) is 11.3 Å². The summed E-state index contributed by atoms with van der Waals surface area (Å²) in [4.78, 5) is 34.0. The number of hydrogen-bond acceptors (Lipinski definition) is 4. The lowest BCUT2D eigenvalue weighted by atomic mass is 10.0. The minimum atomic E-state index is -1.30. The first kappa shape index (κ1) is 22.0. The molecule has 162 valence electrons. The maximum absolute atomic E-state index is 12.9. The van der Waals surface area contributed by atoms with Crippen molar-refractivity contribution in [2.45, 2.75) is 26.8 Å². The quantitative estimate of drug-likeness (QED) is 0.425. The summed E-state index contributed by atoms with van der Waals surface area (Å²) in [5, 5.41) is 11.3. The van der Waals surface area contributed by atoms with Crippen LogP contribution in [-0.4, -0.2) is 25.6 Å². The van der Waals surface area contributed by atoms with Crippen molar-refractivity contribution in [3.05, 3.63) is 91.4 Å². The Morgan fingerprint density at radius 3 is 2.47 bits per heavy atom. The van der Waals surface area contributed by atoms with Crippen LogP contribution in [-0.2, 0) is 13.0 Å². The third-order valence-corrected chi connectivity index (χ3v) is 5.97. The van der Waals surface area contributed by atoms with Gasteiger partial charge in [-0.15, -0.1) is 0 Å². The van der Waals surface area contributed by atoms with Crippen LogP contribution in [0.15, 0.2) is 53.3 Å². The molecular weight excluding hydrogens is 449 g/mol. The molecule has 0 spiro atoms. The molecule has 8 heteroatoms. The Bertz CT molecular complexity index is 1430. The van der Waals surface area contributed by atoms with E-state index < -0.39 is 11.4 Å². The average Bonchev–Trinajstić information content (AvgIpc) is 2.74. The molecular formula is C24H19Cl2N3O3. The fraction of sp³-hybridized carbons (Fsp3) is 0.167. The van der Waals surface area contributed by atoms with Gasteiger partial charge in [0.05, 0.1) is 15.7 Å². The summed E-state index contributed by atoms with van der Waals surface area (Å²) in [5.41, 5.74) is 2.76. The van der Waals surface area contributed by atoms with Gasteiger partial charge in [-0.25, -0.2) is 14.8 Å². The molecule has 0 unspecified atom stereocenters. The van der Waals surface area contributed by atoms with Crippen molar-refractivity contribution in [1.82, 2.24) is 14.5 Å². The summed E-state index contributed by atoms with van der Waals surface area (Å²) in [5.74, 6) is -1.30. The highest BCUT2D eigenvalue weighted by atomic mass is 35.5. The van der Waals surface area contributed by atoms with Gasteiger partial charge >= 0.3 is 5.97 Å². The van der Waals surface area contributed by atoms with Crippen molar-refractivity contribution in [2.24, 2.45) is 0 Å². The smallest absolute Gasteiger partial charge is 0.341 e. The van der Waals surface area contributed by atoms with Crippen molar-refractivity contribution < 1.29 is 9.90 Å². The van der Waals surface area contributed by atoms with Crippen molar-refractivity contribution in [1.29, 1.82) is 0 Å². The summed E-state index contributed by atoms with van der Waals surface area (Å²) in [6, 6.07) is 13.9. The predicted octanol–water partition coefficient (Wildman–Crippen LogP) is 5.38. The summed E-state index contributed by atoms with van der Waals surface area (Å²) < 4.78 is 1.81. The molecule has 32 heavy (non-hydrogen) atoms. The summed E-state index contributed by atoms with van der Waals surface area (Å²) in [6.45, 7) is 4.23. The van der Waals surface area contributed by atoms with E-state index in [0.29, 0.717) is 34.9 Å². The van der Waals surface area contributed by atoms with E-state index >= 15 is 0 Å². The zero-order chi connectivity index (χ0) is 23.0. The number of aromatic carboxylic acids is 1. The highest BCUT2D eigenvalue weighted by Crippen LogP contribution is 2.31. The Morgan fingerprint density at radius 2 is 1.78 bits per heavy atom. The number of pyridine rings is 3. The molecule has 3 aromatic heterocycles. The van der Waals surface area contributed by atoms with E-state index in [-0.39, 0.29) is 16.3 Å². The minimum Gasteiger partial charge on any atom is -0.477 e. The van der Waals surface area contributed by atoms with Crippen LogP contribution < -0.4 is 5.43 Å². The molecule has 0 saturated carbocycles. The van der Waals surface area contributed by atoms with Crippen molar-refractivity contribution >= 4 is 40.2 Å². The maximum atomic E-state index is 12.9. The van der Waals surface area contributed by atoms with Gasteiger partial charge in [0.2, 0.25) is 0 Å². The number of carbonyl (C=O) groups is 1. The molecule has 0 saturated heterocycles. The lowest BCUT2D eigenvalue weighted by molar-refractivity contribution is 0.0695. The molecule has 0 aliphatic carbocycles. The second-order valence-corrected chi connectivity index (χ2v) is 8.19. The summed E-state index contributed by atoms with van der Waals surface area (Å²) in [6.07, 6.45) is 0.336. The third kappa shape index (κ3) is 4.11. The second kappa shape index (κ2) is 8.73. The van der Waals surface area contributed by atoms with E-state index in [1.54, 1.807) is 22.8 Å². The molecule has 0 amide bonds. The Morgan fingerprint density at radius 1 is 1.03 bits per heavy atom. The number of aromatic nitrogens is 3. The molecule has 0 atom stereocenters. The highest BCUT2D eigenvalue weighted by molar-refractivity contribution is 6.42. The number of fused-ring (bicyclic) bond motifs is 1. The van der Waals surface area contributed by atoms with Gasteiger partial charge in [0.1, 0.15) is 5.56 Å². The van der Waals surface area contributed by atoms with E-state index in [2.05, 4.69) is 9.97 Å². The molecule has 1 aromatic carbocycles. The molecule has 3 heterocycles. The number of carboxylic acid groups (broad SMARTS) is 1. The summed E-state index contributed by atoms with van der Waals surface area (Å²) >= 11 is 12.2. The van der Waals surface area contributed by atoms with Gasteiger partial charge in [-0.1, -0.05) is 29.3 Å². The first-order valence-corrected chi connectivity index (χ1v) is 10.7. The third-order valence-electron chi connectivity index (χ3n) is 5.23. The molecule has 4 rings (SSSR count). The van der Waals surface area contributed by atoms with E-state index in [0.717, 1.165) is 16.8 Å². The van der Waals surface area contributed by atoms with Crippen LogP contribution in [0, 0.1) is 6.92 Å². The Hall–Kier alpha value is -3.22. The number of halogens is 2. The molecule has 0 bridgehead atoms. The fourth-order valence-corrected chi connectivity index (χ4v) is 4.07. The van der Waals surface area contributed by atoms with E-state index in [4.69, 9.17) is 23.2 Å². The van der Waals surface area contributed by atoms with Crippen LogP contribution in [0.2, 0.25) is 10.0 Å². The van der Waals surface area contributed by atoms with E-state index in [9.17, 15) is 14.7 Å². The number of carboxylic acids is 1. The van der Waals surface area contributed by atoms with Crippen LogP contribution in [0.1, 0.15) is 34.4 Å². The largest absolute Gasteiger partial charge is 0.477 e. The number of nitrogens with zero attached hydrogens (tertiary/aromatic N) is 3. The predicted molar refractivity (Wildman–Crippen MR) is 126 cm³/mol. The van der Waals surface area contributed by atoms with Gasteiger partial charge in [-0.3, -0.25) is 4.79 Å². The maximum Gasteiger partial charge on any atom is 0.341 e. The fourth-order valence-electron chi connectivity index (χ4n) is 3.77. The standard InChI is InChI=1S/C24H19Cl2N3O3/c1-3-29-17(11-16-8-6-14-5-4-13(2)27-23(14)28-16)12-20(30)21(24(31)32)22(29)15-7-9-18(25)19(26)10-15/h4-10,12H,3,11H2,1-2H3,(H,31,32). The van der Waals surface area contributed by atoms with Crippen molar-refractivity contribution in [3.63, 3.8) is 0 Å². The Labute approximate surface area is 194 Å². The molecule has 1 N–H and O–H groups in total. The van der Waals surface area contributed by atoms with Crippen LogP contribution in [0.3, 0.4) is 0 Å². The minimum absolute atomic E-state index is 0.277. The molecule has 0 fully saturated rings. The highest BCUT2D eigenvalue weighted by Gasteiger charge is 2.22. The first-order chi connectivity index (χ1) is 15.3. The zero-order valence-electron chi connectivity index (χ0n) is 17.4. The van der Waals surface area contributed by atoms with Gasteiger partial charge in [0.15, 0.2) is 11.1 Å². The number of hydrogen-bond donors (Lipinski definition) is 1. The van der Waals surface area contributed by atoms with Gasteiger partial charge in [0.25, 0.3) is 0 Å². The van der Waals surface area contributed by atoms with Gasteiger partial charge in [0, 0.05) is 47.1 Å². The van der Waals surface area contributed by atoms with Crippen LogP contribution in [0.25, 0.3) is 22.3 Å².